The third kappa shape index (κ3) is 4.67. The van der Waals surface area contributed by atoms with Crippen molar-refractivity contribution in [3.8, 4) is 0 Å². The SMILES string of the molecule is C=C(C)CCC(NCCC)C1COC(C)C1. The Hall–Kier alpha value is -0.340. The van der Waals surface area contributed by atoms with Crippen LogP contribution in [0.15, 0.2) is 12.2 Å². The Morgan fingerprint density at radius 1 is 1.56 bits per heavy atom. The van der Waals surface area contributed by atoms with E-state index in [9.17, 15) is 0 Å². The third-order valence-corrected chi connectivity index (χ3v) is 3.34. The summed E-state index contributed by atoms with van der Waals surface area (Å²) in [5.74, 6) is 0.695. The molecule has 2 nitrogen and oxygen atoms in total. The van der Waals surface area contributed by atoms with Crippen LogP contribution in [0.1, 0.15) is 46.5 Å². The largest absolute Gasteiger partial charge is 0.378 e. The van der Waals surface area contributed by atoms with E-state index in [4.69, 9.17) is 4.74 Å². The van der Waals surface area contributed by atoms with Crippen molar-refractivity contribution in [1.82, 2.24) is 5.32 Å². The average molecular weight is 225 g/mol. The van der Waals surface area contributed by atoms with E-state index in [0.29, 0.717) is 18.1 Å². The van der Waals surface area contributed by atoms with Gasteiger partial charge in [-0.2, -0.15) is 0 Å². The molecule has 1 N–H and O–H groups in total. The maximum Gasteiger partial charge on any atom is 0.0551 e. The smallest absolute Gasteiger partial charge is 0.0551 e. The van der Waals surface area contributed by atoms with Crippen molar-refractivity contribution in [1.29, 1.82) is 0 Å². The highest BCUT2D eigenvalue weighted by Crippen LogP contribution is 2.25. The molecule has 0 saturated carbocycles. The van der Waals surface area contributed by atoms with Gasteiger partial charge in [-0.15, -0.1) is 6.58 Å². The standard InChI is InChI=1S/C14H27NO/c1-5-8-15-14(7-6-11(2)3)13-9-12(4)16-10-13/h12-15H,2,5-10H2,1,3-4H3. The van der Waals surface area contributed by atoms with Crippen LogP contribution in [0.2, 0.25) is 0 Å². The van der Waals surface area contributed by atoms with E-state index in [1.807, 2.05) is 0 Å². The highest BCUT2D eigenvalue weighted by atomic mass is 16.5. The molecule has 0 aromatic heterocycles. The Kier molecular flexibility index (Phi) is 6.07. The fourth-order valence-corrected chi connectivity index (χ4v) is 2.37. The average Bonchev–Trinajstić information content (AvgIpc) is 2.64. The molecular formula is C14H27NO. The summed E-state index contributed by atoms with van der Waals surface area (Å²) in [4.78, 5) is 0. The lowest BCUT2D eigenvalue weighted by atomic mass is 9.92. The Morgan fingerprint density at radius 2 is 2.31 bits per heavy atom. The first-order valence-corrected chi connectivity index (χ1v) is 6.62. The van der Waals surface area contributed by atoms with Gasteiger partial charge >= 0.3 is 0 Å². The van der Waals surface area contributed by atoms with Gasteiger partial charge in [0.1, 0.15) is 0 Å². The number of hydrogen-bond acceptors (Lipinski definition) is 2. The monoisotopic (exact) mass is 225 g/mol. The fourth-order valence-electron chi connectivity index (χ4n) is 2.37. The molecule has 1 aliphatic heterocycles. The third-order valence-electron chi connectivity index (χ3n) is 3.34. The zero-order valence-electron chi connectivity index (χ0n) is 11.1. The first kappa shape index (κ1) is 13.7. The van der Waals surface area contributed by atoms with E-state index >= 15 is 0 Å². The van der Waals surface area contributed by atoms with Gasteiger partial charge in [0.2, 0.25) is 0 Å². The predicted molar refractivity (Wildman–Crippen MR) is 69.7 cm³/mol. The van der Waals surface area contributed by atoms with Crippen LogP contribution < -0.4 is 5.32 Å². The molecule has 3 atom stereocenters. The van der Waals surface area contributed by atoms with Crippen LogP contribution in [0.4, 0.5) is 0 Å². The number of rotatable bonds is 7. The summed E-state index contributed by atoms with van der Waals surface area (Å²) in [6, 6.07) is 0.613. The van der Waals surface area contributed by atoms with Crippen LogP contribution in [0, 0.1) is 5.92 Å². The summed E-state index contributed by atoms with van der Waals surface area (Å²) in [7, 11) is 0. The van der Waals surface area contributed by atoms with Crippen molar-refractivity contribution in [3.63, 3.8) is 0 Å². The topological polar surface area (TPSA) is 21.3 Å². The molecule has 0 amide bonds. The van der Waals surface area contributed by atoms with Gasteiger partial charge < -0.3 is 10.1 Å². The molecule has 1 fully saturated rings. The van der Waals surface area contributed by atoms with E-state index in [2.05, 4.69) is 32.7 Å². The van der Waals surface area contributed by atoms with Gasteiger partial charge in [-0.1, -0.05) is 12.5 Å². The lowest BCUT2D eigenvalue weighted by Crippen LogP contribution is -2.37. The maximum absolute atomic E-state index is 5.67. The molecule has 0 spiro atoms. The molecule has 1 rings (SSSR count). The van der Waals surface area contributed by atoms with Crippen molar-refractivity contribution < 1.29 is 4.74 Å². The zero-order chi connectivity index (χ0) is 12.0. The van der Waals surface area contributed by atoms with Crippen LogP contribution in [0.5, 0.6) is 0 Å². The molecule has 1 aliphatic rings. The molecule has 0 bridgehead atoms. The second-order valence-corrected chi connectivity index (χ2v) is 5.20. The second-order valence-electron chi connectivity index (χ2n) is 5.20. The summed E-state index contributed by atoms with van der Waals surface area (Å²) in [5.41, 5.74) is 1.29. The Labute approximate surface area is 100 Å². The molecule has 3 unspecified atom stereocenters. The van der Waals surface area contributed by atoms with Gasteiger partial charge in [0.05, 0.1) is 12.7 Å². The van der Waals surface area contributed by atoms with E-state index in [-0.39, 0.29) is 0 Å². The molecule has 94 valence electrons. The van der Waals surface area contributed by atoms with Gasteiger partial charge in [0.15, 0.2) is 0 Å². The van der Waals surface area contributed by atoms with Crippen molar-refractivity contribution in [2.75, 3.05) is 13.2 Å². The van der Waals surface area contributed by atoms with Crippen LogP contribution >= 0.6 is 0 Å². The van der Waals surface area contributed by atoms with E-state index in [1.54, 1.807) is 0 Å². The fraction of sp³-hybridized carbons (Fsp3) is 0.857. The van der Waals surface area contributed by atoms with Gasteiger partial charge in [-0.25, -0.2) is 0 Å². The zero-order valence-corrected chi connectivity index (χ0v) is 11.1. The lowest BCUT2D eigenvalue weighted by Gasteiger charge is -2.24. The summed E-state index contributed by atoms with van der Waals surface area (Å²) in [5, 5.41) is 3.67. The summed E-state index contributed by atoms with van der Waals surface area (Å²) in [6.45, 7) is 12.5. The summed E-state index contributed by atoms with van der Waals surface area (Å²) >= 11 is 0. The number of ether oxygens (including phenoxy) is 1. The Morgan fingerprint density at radius 3 is 2.81 bits per heavy atom. The van der Waals surface area contributed by atoms with Gasteiger partial charge in [0, 0.05) is 12.0 Å². The molecule has 0 radical (unpaired) electrons. The van der Waals surface area contributed by atoms with Crippen LogP contribution in [0.25, 0.3) is 0 Å². The predicted octanol–water partition coefficient (Wildman–Crippen LogP) is 3.14. The van der Waals surface area contributed by atoms with E-state index < -0.39 is 0 Å². The van der Waals surface area contributed by atoms with E-state index in [1.165, 1.54) is 24.8 Å². The minimum Gasteiger partial charge on any atom is -0.378 e. The first-order chi connectivity index (χ1) is 7.63. The minimum atomic E-state index is 0.445. The van der Waals surface area contributed by atoms with Crippen molar-refractivity contribution in [2.45, 2.75) is 58.6 Å². The summed E-state index contributed by atoms with van der Waals surface area (Å²) < 4.78 is 5.67. The first-order valence-electron chi connectivity index (χ1n) is 6.62. The highest BCUT2D eigenvalue weighted by molar-refractivity contribution is 4.91. The lowest BCUT2D eigenvalue weighted by molar-refractivity contribution is 0.116. The molecule has 1 saturated heterocycles. The normalized spacial score (nSPS) is 26.9. The van der Waals surface area contributed by atoms with Gasteiger partial charge in [-0.3, -0.25) is 0 Å². The van der Waals surface area contributed by atoms with Crippen LogP contribution in [-0.4, -0.2) is 25.3 Å². The maximum atomic E-state index is 5.67. The number of hydrogen-bond donors (Lipinski definition) is 1. The molecule has 0 aliphatic carbocycles. The highest BCUT2D eigenvalue weighted by Gasteiger charge is 2.28. The quantitative estimate of drug-likeness (QED) is 0.672. The van der Waals surface area contributed by atoms with Crippen LogP contribution in [0.3, 0.4) is 0 Å². The second kappa shape index (κ2) is 7.08. The number of nitrogens with one attached hydrogen (secondary N) is 1. The van der Waals surface area contributed by atoms with Gasteiger partial charge in [0.25, 0.3) is 0 Å². The van der Waals surface area contributed by atoms with E-state index in [0.717, 1.165) is 19.6 Å². The Bertz CT molecular complexity index is 215. The van der Waals surface area contributed by atoms with Crippen molar-refractivity contribution in [3.05, 3.63) is 12.2 Å². The van der Waals surface area contributed by atoms with Crippen LogP contribution in [-0.2, 0) is 4.74 Å². The molecule has 0 aromatic carbocycles. The minimum absolute atomic E-state index is 0.445. The molecule has 1 heterocycles. The van der Waals surface area contributed by atoms with Crippen molar-refractivity contribution >= 4 is 0 Å². The Balaban J connectivity index is 2.39. The summed E-state index contributed by atoms with van der Waals surface area (Å²) in [6.07, 6.45) is 5.19. The molecule has 16 heavy (non-hydrogen) atoms. The van der Waals surface area contributed by atoms with Gasteiger partial charge in [-0.05, 0) is 46.1 Å². The number of allylic oxidation sites excluding steroid dienone is 1. The molecule has 0 aromatic rings. The van der Waals surface area contributed by atoms with Crippen molar-refractivity contribution in [2.24, 2.45) is 5.92 Å². The molecular weight excluding hydrogens is 198 g/mol. The molecule has 2 heteroatoms.